The summed E-state index contributed by atoms with van der Waals surface area (Å²) in [4.78, 5) is 25.2. The van der Waals surface area contributed by atoms with Crippen molar-refractivity contribution in [3.63, 3.8) is 0 Å². The van der Waals surface area contributed by atoms with Crippen molar-refractivity contribution in [2.75, 3.05) is 30.3 Å². The van der Waals surface area contributed by atoms with Gasteiger partial charge in [-0.1, -0.05) is 13.3 Å². The fourth-order valence-electron chi connectivity index (χ4n) is 2.00. The lowest BCUT2D eigenvalue weighted by molar-refractivity contribution is -0.125. The molecule has 2 rings (SSSR count). The molecule has 1 aromatic rings. The van der Waals surface area contributed by atoms with Crippen LogP contribution in [0.5, 0.6) is 5.75 Å². The number of unbranched alkanes of at least 4 members (excludes halogenated alkanes) is 1. The minimum absolute atomic E-state index is 0.0115. The molecule has 0 aromatic heterocycles. The van der Waals surface area contributed by atoms with Crippen LogP contribution in [0.3, 0.4) is 0 Å². The molecule has 0 unspecified atom stereocenters. The summed E-state index contributed by atoms with van der Waals surface area (Å²) in [7, 11) is 0. The summed E-state index contributed by atoms with van der Waals surface area (Å²) in [5.74, 6) is 0.149. The monoisotopic (exact) mass is 277 g/mol. The normalized spacial score (nSPS) is 13.7. The molecule has 0 bridgehead atoms. The lowest BCUT2D eigenvalue weighted by Crippen LogP contribution is -2.45. The first kappa shape index (κ1) is 14.2. The van der Waals surface area contributed by atoms with E-state index < -0.39 is 0 Å². The fraction of sp³-hybridized carbons (Fsp3) is 0.429. The minimum atomic E-state index is -0.242. The van der Waals surface area contributed by atoms with Crippen molar-refractivity contribution in [2.45, 2.75) is 19.8 Å². The molecule has 1 aliphatic heterocycles. The molecule has 1 heterocycles. The number of carbonyl (C=O) groups is 2. The number of benzene rings is 1. The summed E-state index contributed by atoms with van der Waals surface area (Å²) in [6, 6.07) is 5.05. The van der Waals surface area contributed by atoms with Gasteiger partial charge in [-0.2, -0.15) is 0 Å². The van der Waals surface area contributed by atoms with Crippen molar-refractivity contribution in [1.82, 2.24) is 5.32 Å². The van der Waals surface area contributed by atoms with E-state index in [0.29, 0.717) is 23.7 Å². The van der Waals surface area contributed by atoms with Gasteiger partial charge in [0.25, 0.3) is 5.91 Å². The lowest BCUT2D eigenvalue weighted by Gasteiger charge is -2.29. The maximum Gasteiger partial charge on any atom is 0.265 e. The highest BCUT2D eigenvalue weighted by Crippen LogP contribution is 2.33. The molecule has 0 spiro atoms. The second-order valence-electron chi connectivity index (χ2n) is 4.70. The van der Waals surface area contributed by atoms with Crippen molar-refractivity contribution >= 4 is 23.2 Å². The fourth-order valence-corrected chi connectivity index (χ4v) is 2.00. The quantitative estimate of drug-likeness (QED) is 0.619. The zero-order chi connectivity index (χ0) is 14.5. The number of hydrogen-bond acceptors (Lipinski definition) is 4. The molecule has 2 amide bonds. The second-order valence-corrected chi connectivity index (χ2v) is 4.70. The molecule has 6 heteroatoms. The molecule has 0 fully saturated rings. The van der Waals surface area contributed by atoms with Crippen LogP contribution in [0.15, 0.2) is 18.2 Å². The number of fused-ring (bicyclic) bond motifs is 1. The van der Waals surface area contributed by atoms with E-state index in [4.69, 9.17) is 10.5 Å². The van der Waals surface area contributed by atoms with Gasteiger partial charge in [0, 0.05) is 12.2 Å². The number of nitrogens with zero attached hydrogens (tertiary/aromatic N) is 1. The Morgan fingerprint density at radius 3 is 3.05 bits per heavy atom. The summed E-state index contributed by atoms with van der Waals surface area (Å²) in [6.07, 6.45) is 1.93. The zero-order valence-electron chi connectivity index (χ0n) is 11.5. The van der Waals surface area contributed by atoms with Crippen molar-refractivity contribution in [3.05, 3.63) is 18.2 Å². The maximum absolute atomic E-state index is 11.9. The van der Waals surface area contributed by atoms with Gasteiger partial charge in [0.15, 0.2) is 6.61 Å². The summed E-state index contributed by atoms with van der Waals surface area (Å²) >= 11 is 0. The molecular formula is C14H19N3O3. The molecule has 0 saturated carbocycles. The highest BCUT2D eigenvalue weighted by Gasteiger charge is 2.27. The number of carbonyl (C=O) groups excluding carboxylic acids is 2. The van der Waals surface area contributed by atoms with Crippen LogP contribution in [0.25, 0.3) is 0 Å². The number of nitrogens with one attached hydrogen (secondary N) is 1. The predicted molar refractivity (Wildman–Crippen MR) is 76.6 cm³/mol. The first-order valence-corrected chi connectivity index (χ1v) is 6.71. The molecule has 3 N–H and O–H groups in total. The van der Waals surface area contributed by atoms with Crippen LogP contribution < -0.4 is 20.7 Å². The minimum Gasteiger partial charge on any atom is -0.482 e. The summed E-state index contributed by atoms with van der Waals surface area (Å²) in [6.45, 7) is 2.61. The Morgan fingerprint density at radius 1 is 1.50 bits per heavy atom. The Kier molecular flexibility index (Phi) is 4.45. The van der Waals surface area contributed by atoms with Gasteiger partial charge >= 0.3 is 0 Å². The van der Waals surface area contributed by atoms with E-state index in [-0.39, 0.29) is 25.0 Å². The number of nitrogens with two attached hydrogens (primary N) is 1. The van der Waals surface area contributed by atoms with Crippen molar-refractivity contribution in [2.24, 2.45) is 0 Å². The van der Waals surface area contributed by atoms with Crippen LogP contribution in [0.1, 0.15) is 19.8 Å². The first-order valence-electron chi connectivity index (χ1n) is 6.71. The molecule has 108 valence electrons. The van der Waals surface area contributed by atoms with Gasteiger partial charge in [0.1, 0.15) is 12.3 Å². The van der Waals surface area contributed by atoms with E-state index in [1.165, 1.54) is 4.90 Å². The lowest BCUT2D eigenvalue weighted by atomic mass is 10.2. The highest BCUT2D eigenvalue weighted by molar-refractivity contribution is 6.02. The number of rotatable bonds is 5. The molecule has 20 heavy (non-hydrogen) atoms. The molecule has 0 atom stereocenters. The first-order chi connectivity index (χ1) is 9.61. The summed E-state index contributed by atoms with van der Waals surface area (Å²) in [5, 5.41) is 2.79. The number of hydrogen-bond donors (Lipinski definition) is 2. The third kappa shape index (κ3) is 3.20. The van der Waals surface area contributed by atoms with Crippen molar-refractivity contribution in [1.29, 1.82) is 0 Å². The number of nitrogen functional groups attached to an aromatic ring is 1. The van der Waals surface area contributed by atoms with Gasteiger partial charge in [-0.15, -0.1) is 0 Å². The average molecular weight is 277 g/mol. The molecule has 0 radical (unpaired) electrons. The number of ether oxygens (including phenoxy) is 1. The topological polar surface area (TPSA) is 84.7 Å². The smallest absolute Gasteiger partial charge is 0.265 e. The number of amides is 2. The Morgan fingerprint density at radius 2 is 2.30 bits per heavy atom. The molecule has 1 aliphatic rings. The Labute approximate surface area is 117 Å². The van der Waals surface area contributed by atoms with Crippen LogP contribution in [0.2, 0.25) is 0 Å². The van der Waals surface area contributed by atoms with Crippen LogP contribution in [-0.4, -0.2) is 31.5 Å². The van der Waals surface area contributed by atoms with Gasteiger partial charge in [-0.25, -0.2) is 0 Å². The van der Waals surface area contributed by atoms with Crippen molar-refractivity contribution < 1.29 is 14.3 Å². The number of anilines is 2. The van der Waals surface area contributed by atoms with E-state index in [2.05, 4.69) is 12.2 Å². The van der Waals surface area contributed by atoms with Gasteiger partial charge < -0.3 is 15.8 Å². The SMILES string of the molecule is CCCCNC(=O)CN1C(=O)COc2ccc(N)cc21. The summed E-state index contributed by atoms with van der Waals surface area (Å²) < 4.78 is 5.32. The van der Waals surface area contributed by atoms with E-state index in [9.17, 15) is 9.59 Å². The Bertz CT molecular complexity index is 516. The van der Waals surface area contributed by atoms with Crippen LogP contribution in [0.4, 0.5) is 11.4 Å². The Hall–Kier alpha value is -2.24. The second kappa shape index (κ2) is 6.27. The van der Waals surface area contributed by atoms with Crippen molar-refractivity contribution in [3.8, 4) is 5.75 Å². The molecule has 0 saturated heterocycles. The van der Waals surface area contributed by atoms with E-state index in [1.54, 1.807) is 18.2 Å². The largest absolute Gasteiger partial charge is 0.482 e. The van der Waals surface area contributed by atoms with E-state index >= 15 is 0 Å². The van der Waals surface area contributed by atoms with Gasteiger partial charge in [0.2, 0.25) is 5.91 Å². The predicted octanol–water partition coefficient (Wildman–Crippen LogP) is 0.911. The highest BCUT2D eigenvalue weighted by atomic mass is 16.5. The average Bonchev–Trinajstić information content (AvgIpc) is 2.42. The molecular weight excluding hydrogens is 258 g/mol. The molecule has 6 nitrogen and oxygen atoms in total. The van der Waals surface area contributed by atoms with Gasteiger partial charge in [-0.3, -0.25) is 14.5 Å². The van der Waals surface area contributed by atoms with E-state index in [1.807, 2.05) is 0 Å². The zero-order valence-corrected chi connectivity index (χ0v) is 11.5. The Balaban J connectivity index is 2.09. The standard InChI is InChI=1S/C14H19N3O3/c1-2-3-6-16-13(18)8-17-11-7-10(15)4-5-12(11)20-9-14(17)19/h4-5,7H,2-3,6,8-9,15H2,1H3,(H,16,18). The molecule has 0 aliphatic carbocycles. The third-order valence-electron chi connectivity index (χ3n) is 3.08. The van der Waals surface area contributed by atoms with Crippen LogP contribution in [0, 0.1) is 0 Å². The third-order valence-corrected chi connectivity index (χ3v) is 3.08. The van der Waals surface area contributed by atoms with Gasteiger partial charge in [0.05, 0.1) is 5.69 Å². The molecule has 1 aromatic carbocycles. The summed E-state index contributed by atoms with van der Waals surface area (Å²) in [5.41, 5.74) is 6.80. The van der Waals surface area contributed by atoms with Crippen LogP contribution in [-0.2, 0) is 9.59 Å². The van der Waals surface area contributed by atoms with Gasteiger partial charge in [-0.05, 0) is 24.6 Å². The maximum atomic E-state index is 11.9. The van der Waals surface area contributed by atoms with Crippen LogP contribution >= 0.6 is 0 Å². The van der Waals surface area contributed by atoms with E-state index in [0.717, 1.165) is 12.8 Å².